The van der Waals surface area contributed by atoms with Crippen LogP contribution in [-0.2, 0) is 0 Å². The molecule has 4 rings (SSSR count). The molecule has 0 spiro atoms. The van der Waals surface area contributed by atoms with Crippen LogP contribution < -0.4 is 15.4 Å². The number of amides is 2. The van der Waals surface area contributed by atoms with E-state index in [9.17, 15) is 9.59 Å². The largest absolute Gasteiger partial charge is 0.496 e. The Hall–Kier alpha value is -3.61. The lowest BCUT2D eigenvalue weighted by Crippen LogP contribution is -2.34. The topological polar surface area (TPSA) is 101 Å². The quantitative estimate of drug-likeness (QED) is 0.487. The Labute approximate surface area is 193 Å². The zero-order valence-electron chi connectivity index (χ0n) is 18.7. The Morgan fingerprint density at radius 2 is 1.61 bits per heavy atom. The van der Waals surface area contributed by atoms with Gasteiger partial charge in [0.15, 0.2) is 0 Å². The number of aromatic nitrogens is 1. The molecule has 2 amide bonds. The number of para-hydroxylation sites is 2. The van der Waals surface area contributed by atoms with Gasteiger partial charge in [-0.3, -0.25) is 4.79 Å². The van der Waals surface area contributed by atoms with Crippen LogP contribution >= 0.6 is 0 Å². The van der Waals surface area contributed by atoms with Gasteiger partial charge in [0.25, 0.3) is 5.91 Å². The van der Waals surface area contributed by atoms with Crippen molar-refractivity contribution in [2.75, 3.05) is 20.2 Å². The van der Waals surface area contributed by atoms with Gasteiger partial charge in [0.2, 0.25) is 0 Å². The molecule has 7 nitrogen and oxygen atoms in total. The minimum Gasteiger partial charge on any atom is -0.496 e. The molecular weight excluding hydrogens is 418 g/mol. The number of carbonyl (C=O) groups excluding carboxylic acids is 1. The van der Waals surface area contributed by atoms with E-state index in [1.807, 2.05) is 54.6 Å². The van der Waals surface area contributed by atoms with Crippen LogP contribution in [0.2, 0.25) is 0 Å². The summed E-state index contributed by atoms with van der Waals surface area (Å²) in [4.78, 5) is 28.7. The van der Waals surface area contributed by atoms with Crippen molar-refractivity contribution in [1.82, 2.24) is 15.6 Å². The highest BCUT2D eigenvalue weighted by Crippen LogP contribution is 2.32. The first-order chi connectivity index (χ1) is 16.0. The van der Waals surface area contributed by atoms with Crippen molar-refractivity contribution in [3.05, 3.63) is 60.2 Å². The summed E-state index contributed by atoms with van der Waals surface area (Å²) in [5.41, 5.74) is 2.90. The van der Waals surface area contributed by atoms with E-state index >= 15 is 0 Å². The number of nitrogens with zero attached hydrogens (tertiary/aromatic N) is 1. The smallest absolute Gasteiger partial charge is 0.404 e. The molecule has 3 aromatic rings. The zero-order chi connectivity index (χ0) is 23.2. The average Bonchev–Trinajstić information content (AvgIpc) is 2.85. The van der Waals surface area contributed by atoms with Crippen LogP contribution in [0.5, 0.6) is 5.75 Å². The van der Waals surface area contributed by atoms with Gasteiger partial charge in [-0.2, -0.15) is 0 Å². The lowest BCUT2D eigenvalue weighted by atomic mass is 9.82. The molecule has 2 aromatic carbocycles. The standard InChI is InChI=1S/C26H29N3O4/c1-33-24-9-5-3-7-20(24)23-14-21(19-6-2-4-8-22(19)29-23)25(30)27-15-17-10-12-18(13-11-17)16-28-26(31)32/h2-9,14,17-18,28H,10-13,15-16H2,1H3,(H,27,30)(H,31,32)/t17-,18-. The number of hydrogen-bond donors (Lipinski definition) is 3. The van der Waals surface area contributed by atoms with Crippen molar-refractivity contribution in [2.24, 2.45) is 11.8 Å². The van der Waals surface area contributed by atoms with Crippen LogP contribution in [-0.4, -0.2) is 42.3 Å². The molecule has 0 atom stereocenters. The van der Waals surface area contributed by atoms with Crippen molar-refractivity contribution < 1.29 is 19.4 Å². The number of ether oxygens (including phenoxy) is 1. The number of methoxy groups -OCH3 is 1. The number of hydrogen-bond acceptors (Lipinski definition) is 4. The third-order valence-corrected chi connectivity index (χ3v) is 6.40. The third-order valence-electron chi connectivity index (χ3n) is 6.40. The highest BCUT2D eigenvalue weighted by atomic mass is 16.5. The maximum absolute atomic E-state index is 13.2. The van der Waals surface area contributed by atoms with E-state index in [0.29, 0.717) is 41.9 Å². The summed E-state index contributed by atoms with van der Waals surface area (Å²) in [5, 5.41) is 15.2. The average molecular weight is 448 g/mol. The van der Waals surface area contributed by atoms with Gasteiger partial charge in [-0.05, 0) is 61.8 Å². The fourth-order valence-electron chi connectivity index (χ4n) is 4.56. The van der Waals surface area contributed by atoms with Gasteiger partial charge >= 0.3 is 6.09 Å². The molecular formula is C26H29N3O4. The SMILES string of the molecule is COc1ccccc1-c1cc(C(=O)NC[C@H]2CC[C@H](CNC(=O)O)CC2)c2ccccc2n1. The molecule has 0 aliphatic heterocycles. The van der Waals surface area contributed by atoms with E-state index < -0.39 is 6.09 Å². The van der Waals surface area contributed by atoms with Gasteiger partial charge < -0.3 is 20.5 Å². The molecule has 1 aromatic heterocycles. The zero-order valence-corrected chi connectivity index (χ0v) is 18.7. The van der Waals surface area contributed by atoms with E-state index in [2.05, 4.69) is 10.6 Å². The third kappa shape index (κ3) is 5.42. The minimum absolute atomic E-state index is 0.112. The summed E-state index contributed by atoms with van der Waals surface area (Å²) in [6.07, 6.45) is 2.93. The van der Waals surface area contributed by atoms with Crippen LogP contribution in [0.1, 0.15) is 36.0 Å². The van der Waals surface area contributed by atoms with Crippen LogP contribution in [0, 0.1) is 11.8 Å². The Balaban J connectivity index is 1.48. The molecule has 7 heteroatoms. The summed E-state index contributed by atoms with van der Waals surface area (Å²) in [5.74, 6) is 1.37. The van der Waals surface area contributed by atoms with Crippen molar-refractivity contribution in [2.45, 2.75) is 25.7 Å². The Kier molecular flexibility index (Phi) is 7.07. The number of nitrogens with one attached hydrogen (secondary N) is 2. The maximum Gasteiger partial charge on any atom is 0.404 e. The van der Waals surface area contributed by atoms with Crippen LogP contribution in [0.15, 0.2) is 54.6 Å². The summed E-state index contributed by atoms with van der Waals surface area (Å²) < 4.78 is 5.50. The van der Waals surface area contributed by atoms with Gasteiger partial charge in [0.05, 0.1) is 23.9 Å². The predicted octanol–water partition coefficient (Wildman–Crippen LogP) is 4.71. The molecule has 0 unspecified atom stereocenters. The first-order valence-corrected chi connectivity index (χ1v) is 11.3. The maximum atomic E-state index is 13.2. The van der Waals surface area contributed by atoms with Gasteiger partial charge in [0, 0.05) is 24.0 Å². The fraction of sp³-hybridized carbons (Fsp3) is 0.346. The summed E-state index contributed by atoms with van der Waals surface area (Å²) >= 11 is 0. The highest BCUT2D eigenvalue weighted by Gasteiger charge is 2.23. The van der Waals surface area contributed by atoms with Gasteiger partial charge in [-0.15, -0.1) is 0 Å². The normalized spacial score (nSPS) is 18.0. The number of rotatable bonds is 7. The van der Waals surface area contributed by atoms with E-state index in [4.69, 9.17) is 14.8 Å². The Morgan fingerprint density at radius 3 is 2.30 bits per heavy atom. The molecule has 0 saturated heterocycles. The monoisotopic (exact) mass is 447 g/mol. The first kappa shape index (κ1) is 22.6. The minimum atomic E-state index is -0.971. The molecule has 172 valence electrons. The summed E-state index contributed by atoms with van der Waals surface area (Å²) in [6, 6.07) is 17.2. The van der Waals surface area contributed by atoms with Crippen LogP contribution in [0.25, 0.3) is 22.2 Å². The molecule has 1 aliphatic rings. The second-order valence-corrected chi connectivity index (χ2v) is 8.56. The first-order valence-electron chi connectivity index (χ1n) is 11.3. The van der Waals surface area contributed by atoms with Crippen molar-refractivity contribution in [3.8, 4) is 17.0 Å². The Morgan fingerprint density at radius 1 is 0.970 bits per heavy atom. The highest BCUT2D eigenvalue weighted by molar-refractivity contribution is 6.07. The molecule has 1 heterocycles. The van der Waals surface area contributed by atoms with E-state index in [1.165, 1.54) is 0 Å². The second-order valence-electron chi connectivity index (χ2n) is 8.56. The molecule has 1 saturated carbocycles. The number of carbonyl (C=O) groups is 2. The van der Waals surface area contributed by atoms with E-state index in [0.717, 1.165) is 42.1 Å². The molecule has 1 aliphatic carbocycles. The van der Waals surface area contributed by atoms with Crippen molar-refractivity contribution >= 4 is 22.9 Å². The Bertz CT molecular complexity index is 1140. The van der Waals surface area contributed by atoms with Crippen LogP contribution in [0.4, 0.5) is 4.79 Å². The number of carboxylic acid groups (broad SMARTS) is 1. The molecule has 1 fully saturated rings. The van der Waals surface area contributed by atoms with Crippen molar-refractivity contribution in [3.63, 3.8) is 0 Å². The number of benzene rings is 2. The molecule has 0 bridgehead atoms. The second kappa shape index (κ2) is 10.3. The molecule has 3 N–H and O–H groups in total. The summed E-state index contributed by atoms with van der Waals surface area (Å²) in [7, 11) is 1.62. The fourth-order valence-corrected chi connectivity index (χ4v) is 4.56. The lowest BCUT2D eigenvalue weighted by Gasteiger charge is -2.28. The lowest BCUT2D eigenvalue weighted by molar-refractivity contribution is 0.0942. The molecule has 0 radical (unpaired) electrons. The van der Waals surface area contributed by atoms with Crippen LogP contribution in [0.3, 0.4) is 0 Å². The predicted molar refractivity (Wildman–Crippen MR) is 128 cm³/mol. The van der Waals surface area contributed by atoms with Gasteiger partial charge in [0.1, 0.15) is 5.75 Å². The van der Waals surface area contributed by atoms with E-state index in [1.54, 1.807) is 7.11 Å². The van der Waals surface area contributed by atoms with Gasteiger partial charge in [-0.25, -0.2) is 9.78 Å². The van der Waals surface area contributed by atoms with Gasteiger partial charge in [-0.1, -0.05) is 30.3 Å². The van der Waals surface area contributed by atoms with E-state index in [-0.39, 0.29) is 5.91 Å². The number of fused-ring (bicyclic) bond motifs is 1. The molecule has 33 heavy (non-hydrogen) atoms. The van der Waals surface area contributed by atoms with Crippen molar-refractivity contribution in [1.29, 1.82) is 0 Å². The number of pyridine rings is 1. The summed E-state index contributed by atoms with van der Waals surface area (Å²) in [6.45, 7) is 1.11.